The van der Waals surface area contributed by atoms with E-state index < -0.39 is 24.1 Å². The molecule has 0 bridgehead atoms. The van der Waals surface area contributed by atoms with Crippen LogP contribution in [0.25, 0.3) is 0 Å². The van der Waals surface area contributed by atoms with Crippen LogP contribution in [-0.4, -0.2) is 52.9 Å². The Morgan fingerprint density at radius 1 is 1.34 bits per heavy atom. The van der Waals surface area contributed by atoms with Crippen LogP contribution in [0.4, 0.5) is 4.79 Å². The van der Waals surface area contributed by atoms with Crippen LogP contribution in [0.15, 0.2) is 42.7 Å². The molecule has 1 atom stereocenters. The molecule has 3 rings (SSSR count). The summed E-state index contributed by atoms with van der Waals surface area (Å²) < 4.78 is 7.66. The van der Waals surface area contributed by atoms with Gasteiger partial charge < -0.3 is 24.9 Å². The fraction of sp³-hybridized carbons (Fsp3) is 0.450. The normalized spacial score (nSPS) is 18.1. The first-order valence-electron chi connectivity index (χ1n) is 9.38. The van der Waals surface area contributed by atoms with E-state index in [2.05, 4.69) is 10.4 Å². The summed E-state index contributed by atoms with van der Waals surface area (Å²) in [5.74, 6) is -1.29. The van der Waals surface area contributed by atoms with Gasteiger partial charge in [-0.05, 0) is 24.8 Å². The summed E-state index contributed by atoms with van der Waals surface area (Å²) in [7, 11) is 1.83. The van der Waals surface area contributed by atoms with E-state index in [4.69, 9.17) is 4.74 Å². The molecule has 2 amide bonds. The van der Waals surface area contributed by atoms with Crippen molar-refractivity contribution in [1.29, 1.82) is 0 Å². The fourth-order valence-corrected chi connectivity index (χ4v) is 3.47. The molecular weight excluding hydrogens is 399 g/mol. The summed E-state index contributed by atoms with van der Waals surface area (Å²) in [4.78, 5) is 25.0. The Kier molecular flexibility index (Phi) is 9.32. The first-order chi connectivity index (χ1) is 13.5. The van der Waals surface area contributed by atoms with Crippen LogP contribution in [0.3, 0.4) is 0 Å². The molecule has 1 fully saturated rings. The van der Waals surface area contributed by atoms with Gasteiger partial charge in [0.2, 0.25) is 0 Å². The number of aryl methyl sites for hydroxylation is 1. The largest absolute Gasteiger partial charge is 1.00 e. The van der Waals surface area contributed by atoms with Gasteiger partial charge in [0.25, 0.3) is 0 Å². The fourth-order valence-electron chi connectivity index (χ4n) is 3.47. The number of nitrogens with zero attached hydrogens (tertiary/aromatic N) is 3. The molecular formula is C20H25KN4O4. The van der Waals surface area contributed by atoms with E-state index in [-0.39, 0.29) is 64.5 Å². The van der Waals surface area contributed by atoms with Crippen molar-refractivity contribution >= 4 is 12.0 Å². The minimum atomic E-state index is -1.29. The number of hydrogen-bond donors (Lipinski definition) is 1. The second-order valence-electron chi connectivity index (χ2n) is 7.04. The average Bonchev–Trinajstić information content (AvgIpc) is 3.33. The minimum absolute atomic E-state index is 0. The van der Waals surface area contributed by atoms with Gasteiger partial charge in [-0.15, -0.1) is 0 Å². The number of amides is 2. The van der Waals surface area contributed by atoms with Gasteiger partial charge in [-0.2, -0.15) is 5.10 Å². The van der Waals surface area contributed by atoms with Gasteiger partial charge in [0.05, 0.1) is 25.3 Å². The van der Waals surface area contributed by atoms with Crippen molar-refractivity contribution in [3.8, 4) is 0 Å². The molecule has 1 aliphatic heterocycles. The molecule has 0 spiro atoms. The van der Waals surface area contributed by atoms with E-state index in [1.54, 1.807) is 10.9 Å². The Morgan fingerprint density at radius 2 is 2.10 bits per heavy atom. The smallest absolute Gasteiger partial charge is 0.548 e. The zero-order chi connectivity index (χ0) is 20.0. The molecule has 150 valence electrons. The first kappa shape index (κ1) is 24.0. The van der Waals surface area contributed by atoms with E-state index in [9.17, 15) is 14.7 Å². The Labute approximate surface area is 213 Å². The second-order valence-corrected chi connectivity index (χ2v) is 7.04. The molecule has 0 saturated carbocycles. The molecule has 2 heterocycles. The number of aromatic nitrogens is 2. The zero-order valence-corrected chi connectivity index (χ0v) is 20.1. The molecule has 1 aliphatic rings. The van der Waals surface area contributed by atoms with Crippen molar-refractivity contribution in [1.82, 2.24) is 20.0 Å². The van der Waals surface area contributed by atoms with E-state index in [1.165, 1.54) is 4.90 Å². The van der Waals surface area contributed by atoms with Crippen LogP contribution in [0.2, 0.25) is 0 Å². The predicted octanol–water partition coefficient (Wildman–Crippen LogP) is -2.57. The third-order valence-corrected chi connectivity index (χ3v) is 4.98. The number of aliphatic carboxylic acids is 1. The van der Waals surface area contributed by atoms with Crippen LogP contribution < -0.4 is 61.8 Å². The van der Waals surface area contributed by atoms with Gasteiger partial charge in [-0.3, -0.25) is 4.68 Å². The number of carboxylic acid groups (broad SMARTS) is 1. The van der Waals surface area contributed by atoms with Gasteiger partial charge >= 0.3 is 57.4 Å². The molecule has 1 saturated heterocycles. The number of carbonyl (C=O) groups excluding carboxylic acids is 2. The molecule has 1 aromatic carbocycles. The van der Waals surface area contributed by atoms with E-state index in [0.29, 0.717) is 13.0 Å². The monoisotopic (exact) mass is 424 g/mol. The van der Waals surface area contributed by atoms with Crippen molar-refractivity contribution < 1.29 is 70.8 Å². The molecule has 1 N–H and O–H groups in total. The van der Waals surface area contributed by atoms with E-state index >= 15 is 0 Å². The standard InChI is InChI=1S/C20H26N4O4.K/c1-23-13-17(12-22-23)20(9-5-11-28-20)15-21-19(27)24(14-18(25)26)10-8-16-6-3-2-4-7-16;/h2-4,6-7,12-13H,5,8-11,14-15H2,1H3,(H,21,27)(H,25,26);/q;+1/p-1. The third-order valence-electron chi connectivity index (χ3n) is 4.98. The van der Waals surface area contributed by atoms with Gasteiger partial charge in [-0.25, -0.2) is 4.79 Å². The maximum atomic E-state index is 12.7. The van der Waals surface area contributed by atoms with Gasteiger partial charge in [0.1, 0.15) is 5.60 Å². The Balaban J connectivity index is 0.00000300. The van der Waals surface area contributed by atoms with Crippen molar-refractivity contribution in [2.45, 2.75) is 24.9 Å². The quantitative estimate of drug-likeness (QED) is 0.470. The topological polar surface area (TPSA) is 99.5 Å². The van der Waals surface area contributed by atoms with E-state index in [0.717, 1.165) is 24.0 Å². The van der Waals surface area contributed by atoms with Gasteiger partial charge in [0.15, 0.2) is 0 Å². The number of benzene rings is 1. The van der Waals surface area contributed by atoms with E-state index in [1.807, 2.05) is 43.6 Å². The van der Waals surface area contributed by atoms with Crippen LogP contribution >= 0.6 is 0 Å². The Morgan fingerprint density at radius 3 is 2.69 bits per heavy atom. The third kappa shape index (κ3) is 6.63. The molecule has 2 aromatic rings. The number of hydrogen-bond acceptors (Lipinski definition) is 5. The predicted molar refractivity (Wildman–Crippen MR) is 100 cm³/mol. The maximum Gasteiger partial charge on any atom is 1.00 e. The number of carboxylic acids is 1. The summed E-state index contributed by atoms with van der Waals surface area (Å²) in [6.07, 6.45) is 5.84. The van der Waals surface area contributed by atoms with Crippen molar-refractivity contribution in [2.24, 2.45) is 7.05 Å². The van der Waals surface area contributed by atoms with Crippen LogP contribution in [-0.2, 0) is 28.6 Å². The average molecular weight is 425 g/mol. The molecule has 9 heteroatoms. The number of urea groups is 1. The summed E-state index contributed by atoms with van der Waals surface area (Å²) >= 11 is 0. The van der Waals surface area contributed by atoms with Crippen LogP contribution in [0.5, 0.6) is 0 Å². The maximum absolute atomic E-state index is 12.7. The van der Waals surface area contributed by atoms with Gasteiger partial charge in [0, 0.05) is 32.0 Å². The molecule has 1 unspecified atom stereocenters. The number of carbonyl (C=O) groups is 2. The summed E-state index contributed by atoms with van der Waals surface area (Å²) in [6.45, 7) is 0.692. The molecule has 29 heavy (non-hydrogen) atoms. The van der Waals surface area contributed by atoms with Crippen molar-refractivity contribution in [3.63, 3.8) is 0 Å². The first-order valence-corrected chi connectivity index (χ1v) is 9.38. The zero-order valence-electron chi connectivity index (χ0n) is 17.0. The minimum Gasteiger partial charge on any atom is -0.548 e. The molecule has 0 radical (unpaired) electrons. The molecule has 1 aromatic heterocycles. The van der Waals surface area contributed by atoms with Crippen molar-refractivity contribution in [3.05, 3.63) is 53.9 Å². The SMILES string of the molecule is Cn1cc(C2(CNC(=O)N(CCc3ccccc3)CC(=O)[O-])CCCO2)cn1.[K+]. The van der Waals surface area contributed by atoms with Crippen LogP contribution in [0.1, 0.15) is 24.0 Å². The van der Waals surface area contributed by atoms with Crippen LogP contribution in [0, 0.1) is 0 Å². The number of rotatable bonds is 8. The Hall–Kier alpha value is -1.23. The summed E-state index contributed by atoms with van der Waals surface area (Å²) in [6, 6.07) is 9.17. The number of nitrogens with one attached hydrogen (secondary N) is 1. The van der Waals surface area contributed by atoms with Gasteiger partial charge in [-0.1, -0.05) is 30.3 Å². The molecule has 8 nitrogen and oxygen atoms in total. The molecule has 0 aliphatic carbocycles. The summed E-state index contributed by atoms with van der Waals surface area (Å²) in [5, 5.41) is 18.2. The van der Waals surface area contributed by atoms with Crippen molar-refractivity contribution in [2.75, 3.05) is 26.2 Å². The summed E-state index contributed by atoms with van der Waals surface area (Å²) in [5.41, 5.74) is 1.31. The number of ether oxygens (including phenoxy) is 1. The Bertz CT molecular complexity index is 806. The second kappa shape index (κ2) is 11.2.